The molecule has 0 aliphatic carbocycles. The molecular weight excluding hydrogens is 538 g/mol. The van der Waals surface area contributed by atoms with Crippen molar-refractivity contribution in [1.82, 2.24) is 19.7 Å². The standard InChI is InChI=1S/C32H28ClN5O3/c1-18(20-8-9-34-26(14-20)21-4-6-27-22(13-21)17-37-38(27)3)12-25-19(2)36-16-23(15-29(39)40)30(25)24-5-7-28-32(31(24)33)35-10-11-41-28/h4-9,12-14,16-17,35H,10-11,15H2,1-3H3,(H,39,40)/b18-12+. The van der Waals surface area contributed by atoms with E-state index in [0.29, 0.717) is 35.2 Å². The second-order valence-corrected chi connectivity index (χ2v) is 10.5. The summed E-state index contributed by atoms with van der Waals surface area (Å²) in [5.41, 5.74) is 9.21. The first-order valence-electron chi connectivity index (χ1n) is 13.3. The van der Waals surface area contributed by atoms with Crippen LogP contribution in [0.2, 0.25) is 5.02 Å². The van der Waals surface area contributed by atoms with Gasteiger partial charge in [0.2, 0.25) is 0 Å². The number of allylic oxidation sites excluding steroid dienone is 1. The van der Waals surface area contributed by atoms with Crippen molar-refractivity contribution in [2.24, 2.45) is 7.05 Å². The van der Waals surface area contributed by atoms with Crippen molar-refractivity contribution in [3.63, 3.8) is 0 Å². The fraction of sp³-hybridized carbons (Fsp3) is 0.188. The molecule has 2 N–H and O–H groups in total. The van der Waals surface area contributed by atoms with E-state index in [1.165, 1.54) is 0 Å². The molecule has 0 bridgehead atoms. The van der Waals surface area contributed by atoms with Gasteiger partial charge in [-0.3, -0.25) is 19.4 Å². The van der Waals surface area contributed by atoms with Crippen molar-refractivity contribution in [3.05, 3.63) is 88.5 Å². The fourth-order valence-corrected chi connectivity index (χ4v) is 5.60. The number of aromatic nitrogens is 4. The van der Waals surface area contributed by atoms with Gasteiger partial charge in [-0.2, -0.15) is 5.10 Å². The molecule has 4 heterocycles. The van der Waals surface area contributed by atoms with E-state index in [4.69, 9.17) is 16.3 Å². The Bertz CT molecular complexity index is 1860. The van der Waals surface area contributed by atoms with Gasteiger partial charge in [-0.05, 0) is 78.6 Å². The zero-order valence-corrected chi connectivity index (χ0v) is 23.7. The summed E-state index contributed by atoms with van der Waals surface area (Å²) >= 11 is 6.93. The predicted molar refractivity (Wildman–Crippen MR) is 162 cm³/mol. The molecule has 0 spiro atoms. The van der Waals surface area contributed by atoms with Crippen molar-refractivity contribution in [2.45, 2.75) is 20.3 Å². The van der Waals surface area contributed by atoms with Gasteiger partial charge in [0.1, 0.15) is 12.4 Å². The third kappa shape index (κ3) is 5.02. The Kier molecular flexibility index (Phi) is 6.93. The molecule has 0 saturated heterocycles. The van der Waals surface area contributed by atoms with Crippen molar-refractivity contribution < 1.29 is 14.6 Å². The number of nitrogens with one attached hydrogen (secondary N) is 1. The zero-order chi connectivity index (χ0) is 28.7. The van der Waals surface area contributed by atoms with E-state index in [-0.39, 0.29) is 6.42 Å². The first-order valence-corrected chi connectivity index (χ1v) is 13.6. The van der Waals surface area contributed by atoms with Crippen molar-refractivity contribution in [3.8, 4) is 28.1 Å². The average molecular weight is 566 g/mol. The van der Waals surface area contributed by atoms with E-state index in [9.17, 15) is 9.90 Å². The first kappa shape index (κ1) is 26.5. The minimum absolute atomic E-state index is 0.184. The smallest absolute Gasteiger partial charge is 0.307 e. The first-order chi connectivity index (χ1) is 19.8. The summed E-state index contributed by atoms with van der Waals surface area (Å²) in [6, 6.07) is 14.0. The lowest BCUT2D eigenvalue weighted by Gasteiger charge is -2.23. The summed E-state index contributed by atoms with van der Waals surface area (Å²) < 4.78 is 7.61. The second-order valence-electron chi connectivity index (χ2n) is 10.1. The highest BCUT2D eigenvalue weighted by Gasteiger charge is 2.22. The molecule has 41 heavy (non-hydrogen) atoms. The molecular formula is C32H28ClN5O3. The maximum atomic E-state index is 11.8. The lowest BCUT2D eigenvalue weighted by molar-refractivity contribution is -0.136. The summed E-state index contributed by atoms with van der Waals surface area (Å²) in [4.78, 5) is 21.0. The monoisotopic (exact) mass is 565 g/mol. The number of aliphatic carboxylic acids is 1. The second kappa shape index (κ2) is 10.7. The van der Waals surface area contributed by atoms with E-state index in [2.05, 4.69) is 32.5 Å². The number of carboxylic acid groups (broad SMARTS) is 1. The number of hydrogen-bond donors (Lipinski definition) is 2. The van der Waals surface area contributed by atoms with Gasteiger partial charge in [-0.15, -0.1) is 0 Å². The lowest BCUT2D eigenvalue weighted by atomic mass is 9.90. The third-order valence-electron chi connectivity index (χ3n) is 7.39. The number of halogens is 1. The quantitative estimate of drug-likeness (QED) is 0.237. The molecule has 6 rings (SSSR count). The van der Waals surface area contributed by atoms with Crippen LogP contribution in [0.5, 0.6) is 5.75 Å². The fourth-order valence-electron chi connectivity index (χ4n) is 5.28. The number of pyridine rings is 2. The van der Waals surface area contributed by atoms with Gasteiger partial charge in [0.25, 0.3) is 0 Å². The summed E-state index contributed by atoms with van der Waals surface area (Å²) in [7, 11) is 1.92. The Morgan fingerprint density at radius 3 is 2.85 bits per heavy atom. The van der Waals surface area contributed by atoms with E-state index in [1.807, 2.05) is 68.2 Å². The molecule has 1 aliphatic rings. The van der Waals surface area contributed by atoms with Crippen LogP contribution in [0.25, 0.3) is 44.9 Å². The normalized spacial score (nSPS) is 13.0. The van der Waals surface area contributed by atoms with Crippen LogP contribution in [0.15, 0.2) is 61.1 Å². The van der Waals surface area contributed by atoms with Crippen LogP contribution in [0.3, 0.4) is 0 Å². The average Bonchev–Trinajstić information content (AvgIpc) is 3.35. The predicted octanol–water partition coefficient (Wildman–Crippen LogP) is 6.65. The Morgan fingerprint density at radius 1 is 1.17 bits per heavy atom. The molecule has 0 radical (unpaired) electrons. The molecule has 0 amide bonds. The van der Waals surface area contributed by atoms with Gasteiger partial charge in [0.15, 0.2) is 0 Å². The molecule has 3 aromatic heterocycles. The number of hydrogen-bond acceptors (Lipinski definition) is 6. The minimum atomic E-state index is -0.941. The Hall–Kier alpha value is -4.69. The zero-order valence-electron chi connectivity index (χ0n) is 22.9. The largest absolute Gasteiger partial charge is 0.490 e. The highest BCUT2D eigenvalue weighted by molar-refractivity contribution is 6.36. The van der Waals surface area contributed by atoms with Crippen LogP contribution < -0.4 is 10.1 Å². The Balaban J connectivity index is 1.47. The molecule has 0 unspecified atom stereocenters. The van der Waals surface area contributed by atoms with Gasteiger partial charge in [-0.1, -0.05) is 17.7 Å². The number of nitrogens with zero attached hydrogens (tertiary/aromatic N) is 4. The lowest BCUT2D eigenvalue weighted by Crippen LogP contribution is -2.18. The summed E-state index contributed by atoms with van der Waals surface area (Å²) in [6.07, 6.45) is 7.14. The molecule has 9 heteroatoms. The third-order valence-corrected chi connectivity index (χ3v) is 7.78. The molecule has 0 atom stereocenters. The van der Waals surface area contributed by atoms with Crippen LogP contribution in [-0.2, 0) is 18.3 Å². The summed E-state index contributed by atoms with van der Waals surface area (Å²) in [5, 5.41) is 18.9. The van der Waals surface area contributed by atoms with Crippen LogP contribution in [0, 0.1) is 6.92 Å². The number of benzene rings is 2. The highest BCUT2D eigenvalue weighted by Crippen LogP contribution is 2.44. The number of rotatable bonds is 6. The van der Waals surface area contributed by atoms with Gasteiger partial charge in [0, 0.05) is 53.8 Å². The molecule has 5 aromatic rings. The maximum Gasteiger partial charge on any atom is 0.307 e. The topological polar surface area (TPSA) is 102 Å². The number of ether oxygens (including phenoxy) is 1. The van der Waals surface area contributed by atoms with Crippen LogP contribution >= 0.6 is 11.6 Å². The van der Waals surface area contributed by atoms with Gasteiger partial charge in [0.05, 0.1) is 34.5 Å². The number of aryl methyl sites for hydroxylation is 2. The minimum Gasteiger partial charge on any atom is -0.490 e. The number of anilines is 1. The van der Waals surface area contributed by atoms with Gasteiger partial charge < -0.3 is 15.2 Å². The van der Waals surface area contributed by atoms with Gasteiger partial charge >= 0.3 is 5.97 Å². The molecule has 8 nitrogen and oxygen atoms in total. The maximum absolute atomic E-state index is 11.8. The van der Waals surface area contributed by atoms with Crippen molar-refractivity contribution in [2.75, 3.05) is 18.5 Å². The molecule has 0 fully saturated rings. The van der Waals surface area contributed by atoms with Crippen LogP contribution in [-0.4, -0.2) is 44.0 Å². The van der Waals surface area contributed by atoms with E-state index >= 15 is 0 Å². The number of fused-ring (bicyclic) bond motifs is 2. The van der Waals surface area contributed by atoms with E-state index < -0.39 is 5.97 Å². The number of carbonyl (C=O) groups is 1. The van der Waals surface area contributed by atoms with Crippen molar-refractivity contribution >= 4 is 45.8 Å². The molecule has 206 valence electrons. The van der Waals surface area contributed by atoms with Crippen LogP contribution in [0.1, 0.15) is 29.3 Å². The summed E-state index contributed by atoms with van der Waals surface area (Å²) in [6.45, 7) is 5.14. The molecule has 0 saturated carbocycles. The van der Waals surface area contributed by atoms with Crippen molar-refractivity contribution in [1.29, 1.82) is 0 Å². The number of carboxylic acids is 1. The Labute approximate surface area is 242 Å². The van der Waals surface area contributed by atoms with Gasteiger partial charge in [-0.25, -0.2) is 0 Å². The van der Waals surface area contributed by atoms with E-state index in [1.54, 1.807) is 12.4 Å². The Morgan fingerprint density at radius 2 is 2.02 bits per heavy atom. The molecule has 2 aromatic carbocycles. The molecule has 1 aliphatic heterocycles. The van der Waals surface area contributed by atoms with E-state index in [0.717, 1.165) is 55.7 Å². The summed E-state index contributed by atoms with van der Waals surface area (Å²) in [5.74, 6) is -0.263. The highest BCUT2D eigenvalue weighted by atomic mass is 35.5. The van der Waals surface area contributed by atoms with Crippen LogP contribution in [0.4, 0.5) is 5.69 Å². The SMILES string of the molecule is C/C(=C\c1c(C)ncc(CC(=O)O)c1-c1ccc2c(c1Cl)NCCO2)c1ccnc(-c2ccc3c(cnn3C)c2)c1.